The quantitative estimate of drug-likeness (QED) is 0.798. The Morgan fingerprint density at radius 1 is 1.20 bits per heavy atom. The van der Waals surface area contributed by atoms with Gasteiger partial charge in [0.15, 0.2) is 0 Å². The van der Waals surface area contributed by atoms with E-state index < -0.39 is 0 Å². The number of carbonyl (C=O) groups is 2. The number of piperidine rings is 1. The Balaban J connectivity index is 1.55. The molecule has 136 valence electrons. The monoisotopic (exact) mass is 349 g/mol. The molecular formula is C18H24FN3O3. The summed E-state index contributed by atoms with van der Waals surface area (Å²) in [5.74, 6) is -0.551. The van der Waals surface area contributed by atoms with Crippen LogP contribution >= 0.6 is 0 Å². The minimum absolute atomic E-state index is 0.0399. The van der Waals surface area contributed by atoms with Crippen LogP contribution in [0.25, 0.3) is 0 Å². The minimum atomic E-state index is -0.359. The zero-order chi connectivity index (χ0) is 17.8. The fourth-order valence-corrected chi connectivity index (χ4v) is 3.85. The maximum Gasteiger partial charge on any atom is 0.317 e. The number of hydrogen-bond donors (Lipinski definition) is 2. The molecule has 0 radical (unpaired) electrons. The van der Waals surface area contributed by atoms with E-state index >= 15 is 0 Å². The number of carbonyl (C=O) groups excluding carboxylic acids is 2. The molecule has 25 heavy (non-hydrogen) atoms. The summed E-state index contributed by atoms with van der Waals surface area (Å²) < 4.78 is 17.9. The summed E-state index contributed by atoms with van der Waals surface area (Å²) in [7, 11) is 1.60. The lowest BCUT2D eigenvalue weighted by molar-refractivity contribution is 0.0883. The molecule has 2 N–H and O–H groups in total. The highest BCUT2D eigenvalue weighted by atomic mass is 19.1. The number of rotatable bonds is 5. The molecule has 1 aromatic carbocycles. The molecule has 2 bridgehead atoms. The van der Waals surface area contributed by atoms with E-state index in [2.05, 4.69) is 10.6 Å². The Morgan fingerprint density at radius 2 is 1.84 bits per heavy atom. The molecule has 3 amide bonds. The molecule has 3 atom stereocenters. The molecule has 2 heterocycles. The predicted octanol–water partition coefficient (Wildman–Crippen LogP) is 1.91. The van der Waals surface area contributed by atoms with Gasteiger partial charge in [-0.1, -0.05) is 0 Å². The second-order valence-corrected chi connectivity index (χ2v) is 6.67. The third-order valence-electron chi connectivity index (χ3n) is 4.99. The van der Waals surface area contributed by atoms with Crippen molar-refractivity contribution in [1.29, 1.82) is 0 Å². The number of urea groups is 1. The van der Waals surface area contributed by atoms with Crippen molar-refractivity contribution < 1.29 is 18.7 Å². The van der Waals surface area contributed by atoms with Gasteiger partial charge in [-0.25, -0.2) is 9.18 Å². The van der Waals surface area contributed by atoms with Crippen LogP contribution in [-0.2, 0) is 4.74 Å². The smallest absolute Gasteiger partial charge is 0.317 e. The van der Waals surface area contributed by atoms with Gasteiger partial charge in [-0.15, -0.1) is 0 Å². The molecule has 2 fully saturated rings. The second-order valence-electron chi connectivity index (χ2n) is 6.67. The highest BCUT2D eigenvalue weighted by Crippen LogP contribution is 2.35. The number of fused-ring (bicyclic) bond motifs is 2. The van der Waals surface area contributed by atoms with Crippen molar-refractivity contribution in [2.24, 2.45) is 0 Å². The summed E-state index contributed by atoms with van der Waals surface area (Å²) >= 11 is 0. The summed E-state index contributed by atoms with van der Waals surface area (Å²) in [5, 5.41) is 5.91. The van der Waals surface area contributed by atoms with Crippen LogP contribution in [0.2, 0.25) is 0 Å². The number of hydrogen-bond acceptors (Lipinski definition) is 3. The average Bonchev–Trinajstić information content (AvgIpc) is 2.87. The lowest BCUT2D eigenvalue weighted by Gasteiger charge is -2.39. The van der Waals surface area contributed by atoms with Crippen LogP contribution in [0.1, 0.15) is 36.0 Å². The highest BCUT2D eigenvalue weighted by molar-refractivity contribution is 5.94. The van der Waals surface area contributed by atoms with E-state index in [-0.39, 0.29) is 35.9 Å². The van der Waals surface area contributed by atoms with E-state index in [4.69, 9.17) is 4.74 Å². The third kappa shape index (κ3) is 4.10. The molecule has 2 aliphatic rings. The first-order valence-corrected chi connectivity index (χ1v) is 8.70. The zero-order valence-electron chi connectivity index (χ0n) is 14.3. The van der Waals surface area contributed by atoms with Crippen molar-refractivity contribution in [2.45, 2.75) is 43.8 Å². The lowest BCUT2D eigenvalue weighted by atomic mass is 9.97. The van der Waals surface area contributed by atoms with Gasteiger partial charge in [-0.3, -0.25) is 4.79 Å². The van der Waals surface area contributed by atoms with Gasteiger partial charge in [0, 0.05) is 37.3 Å². The Hall–Kier alpha value is -2.15. The summed E-state index contributed by atoms with van der Waals surface area (Å²) in [5.41, 5.74) is 0.452. The van der Waals surface area contributed by atoms with Crippen molar-refractivity contribution >= 4 is 11.9 Å². The van der Waals surface area contributed by atoms with Gasteiger partial charge < -0.3 is 20.3 Å². The number of nitrogens with zero attached hydrogens (tertiary/aromatic N) is 1. The Kier molecular flexibility index (Phi) is 5.53. The summed E-state index contributed by atoms with van der Waals surface area (Å²) in [6.45, 7) is 0.987. The lowest BCUT2D eigenvalue weighted by Crippen LogP contribution is -2.55. The van der Waals surface area contributed by atoms with Crippen LogP contribution in [0.3, 0.4) is 0 Å². The third-order valence-corrected chi connectivity index (χ3v) is 4.99. The van der Waals surface area contributed by atoms with Crippen LogP contribution in [0.4, 0.5) is 9.18 Å². The molecule has 3 rings (SSSR count). The first kappa shape index (κ1) is 17.7. The van der Waals surface area contributed by atoms with Crippen LogP contribution in [0, 0.1) is 5.82 Å². The SMILES string of the molecule is COCCNC(=O)N1[C@@H]2CC[C@H]1CC(NC(=O)c1ccc(F)cc1)C2. The molecule has 7 heteroatoms. The fraction of sp³-hybridized carbons (Fsp3) is 0.556. The van der Waals surface area contributed by atoms with Gasteiger partial charge in [0.05, 0.1) is 6.61 Å². The van der Waals surface area contributed by atoms with E-state index in [0.29, 0.717) is 18.7 Å². The first-order chi connectivity index (χ1) is 12.1. The van der Waals surface area contributed by atoms with Crippen LogP contribution in [0.15, 0.2) is 24.3 Å². The van der Waals surface area contributed by atoms with Crippen LogP contribution in [0.5, 0.6) is 0 Å². The van der Waals surface area contributed by atoms with Gasteiger partial charge in [0.1, 0.15) is 5.82 Å². The van der Waals surface area contributed by atoms with Crippen molar-refractivity contribution in [3.8, 4) is 0 Å². The molecule has 6 nitrogen and oxygen atoms in total. The summed E-state index contributed by atoms with van der Waals surface area (Å²) in [6.07, 6.45) is 3.43. The number of benzene rings is 1. The number of methoxy groups -OCH3 is 1. The fourth-order valence-electron chi connectivity index (χ4n) is 3.85. The highest BCUT2D eigenvalue weighted by Gasteiger charge is 2.43. The largest absolute Gasteiger partial charge is 0.383 e. The maximum absolute atomic E-state index is 13.0. The molecule has 0 aliphatic carbocycles. The van der Waals surface area contributed by atoms with Gasteiger partial charge in [-0.05, 0) is 49.9 Å². The normalized spacial score (nSPS) is 24.9. The standard InChI is InChI=1S/C18H24FN3O3/c1-25-9-8-20-18(24)22-15-6-7-16(22)11-14(10-15)21-17(23)12-2-4-13(19)5-3-12/h2-5,14-16H,6-11H2,1H3,(H,20,24)(H,21,23)/t14?,15-,16+. The van der Waals surface area contributed by atoms with E-state index in [0.717, 1.165) is 25.7 Å². The van der Waals surface area contributed by atoms with Gasteiger partial charge in [0.25, 0.3) is 5.91 Å². The predicted molar refractivity (Wildman–Crippen MR) is 90.8 cm³/mol. The molecule has 0 spiro atoms. The minimum Gasteiger partial charge on any atom is -0.383 e. The van der Waals surface area contributed by atoms with E-state index in [1.165, 1.54) is 24.3 Å². The van der Waals surface area contributed by atoms with E-state index in [1.54, 1.807) is 7.11 Å². The molecular weight excluding hydrogens is 325 g/mol. The van der Waals surface area contributed by atoms with Crippen molar-refractivity contribution in [3.63, 3.8) is 0 Å². The zero-order valence-corrected chi connectivity index (χ0v) is 14.3. The molecule has 0 aromatic heterocycles. The van der Waals surface area contributed by atoms with Crippen molar-refractivity contribution in [2.75, 3.05) is 20.3 Å². The Bertz CT molecular complexity index is 608. The van der Waals surface area contributed by atoms with Crippen molar-refractivity contribution in [3.05, 3.63) is 35.6 Å². The topological polar surface area (TPSA) is 70.7 Å². The molecule has 2 saturated heterocycles. The van der Waals surface area contributed by atoms with Gasteiger partial charge in [0.2, 0.25) is 0 Å². The maximum atomic E-state index is 13.0. The Labute approximate surface area is 146 Å². The average molecular weight is 349 g/mol. The van der Waals surface area contributed by atoms with Gasteiger partial charge in [-0.2, -0.15) is 0 Å². The van der Waals surface area contributed by atoms with Crippen LogP contribution < -0.4 is 10.6 Å². The number of halogens is 1. The molecule has 0 saturated carbocycles. The summed E-state index contributed by atoms with van der Waals surface area (Å²) in [4.78, 5) is 26.6. The molecule has 1 aromatic rings. The number of nitrogens with one attached hydrogen (secondary N) is 2. The number of ether oxygens (including phenoxy) is 1. The second kappa shape index (κ2) is 7.82. The summed E-state index contributed by atoms with van der Waals surface area (Å²) in [6, 6.07) is 5.83. The first-order valence-electron chi connectivity index (χ1n) is 8.70. The molecule has 1 unspecified atom stereocenters. The number of amides is 3. The van der Waals surface area contributed by atoms with E-state index in [1.807, 2.05) is 4.90 Å². The Morgan fingerprint density at radius 3 is 2.44 bits per heavy atom. The van der Waals surface area contributed by atoms with Crippen LogP contribution in [-0.4, -0.2) is 55.2 Å². The van der Waals surface area contributed by atoms with Crippen molar-refractivity contribution in [1.82, 2.24) is 15.5 Å². The van der Waals surface area contributed by atoms with Gasteiger partial charge >= 0.3 is 6.03 Å². The molecule has 2 aliphatic heterocycles. The van der Waals surface area contributed by atoms with E-state index in [9.17, 15) is 14.0 Å².